The van der Waals surface area contributed by atoms with Gasteiger partial charge in [-0.05, 0) is 37.1 Å². The lowest BCUT2D eigenvalue weighted by Crippen LogP contribution is -2.34. The van der Waals surface area contributed by atoms with E-state index in [9.17, 15) is 13.2 Å². The van der Waals surface area contributed by atoms with Crippen LogP contribution in [0.25, 0.3) is 0 Å². The van der Waals surface area contributed by atoms with Gasteiger partial charge in [-0.1, -0.05) is 25.7 Å². The van der Waals surface area contributed by atoms with Crippen LogP contribution in [0.5, 0.6) is 5.75 Å². The van der Waals surface area contributed by atoms with E-state index in [1.807, 2.05) is 0 Å². The lowest BCUT2D eigenvalue weighted by atomic mass is 10.1. The van der Waals surface area contributed by atoms with Crippen LogP contribution in [0.1, 0.15) is 49.0 Å². The first-order chi connectivity index (χ1) is 13.0. The molecule has 0 aliphatic heterocycles. The van der Waals surface area contributed by atoms with Crippen LogP contribution in [0.4, 0.5) is 5.13 Å². The molecule has 7 nitrogen and oxygen atoms in total. The van der Waals surface area contributed by atoms with Crippen LogP contribution >= 0.6 is 11.3 Å². The molecule has 1 aromatic heterocycles. The molecular formula is C18H23N3O4S2. The lowest BCUT2D eigenvalue weighted by Gasteiger charge is -2.15. The average molecular weight is 410 g/mol. The van der Waals surface area contributed by atoms with Gasteiger partial charge >= 0.3 is 0 Å². The summed E-state index contributed by atoms with van der Waals surface area (Å²) >= 11 is 1.09. The molecule has 1 fully saturated rings. The number of hydrogen-bond acceptors (Lipinski definition) is 6. The molecule has 0 unspecified atom stereocenters. The Kier molecular flexibility index (Phi) is 6.33. The number of carbonyl (C=O) groups is 1. The minimum atomic E-state index is -3.77. The molecule has 9 heteroatoms. The zero-order valence-electron chi connectivity index (χ0n) is 15.1. The predicted molar refractivity (Wildman–Crippen MR) is 105 cm³/mol. The minimum absolute atomic E-state index is 0.1000. The number of methoxy groups -OCH3 is 1. The Bertz CT molecular complexity index is 870. The number of ether oxygens (including phenoxy) is 1. The van der Waals surface area contributed by atoms with Crippen molar-refractivity contribution >= 4 is 32.4 Å². The number of rotatable bonds is 6. The molecule has 2 N–H and O–H groups in total. The number of nitrogens with one attached hydrogen (secondary N) is 2. The molecule has 0 spiro atoms. The molecule has 146 valence electrons. The third-order valence-electron chi connectivity index (χ3n) is 4.52. The van der Waals surface area contributed by atoms with Gasteiger partial charge in [-0.3, -0.25) is 9.52 Å². The molecule has 0 saturated heterocycles. The summed E-state index contributed by atoms with van der Waals surface area (Å²) in [4.78, 5) is 16.6. The van der Waals surface area contributed by atoms with E-state index in [-0.39, 0.29) is 27.7 Å². The third-order valence-corrected chi connectivity index (χ3v) is 6.76. The maximum Gasteiger partial charge on any atom is 0.271 e. The van der Waals surface area contributed by atoms with Crippen LogP contribution in [0.15, 0.2) is 34.5 Å². The van der Waals surface area contributed by atoms with Crippen LogP contribution < -0.4 is 14.8 Å². The van der Waals surface area contributed by atoms with Crippen LogP contribution in [0.2, 0.25) is 0 Å². The fraction of sp³-hybridized carbons (Fsp3) is 0.444. The zero-order chi connectivity index (χ0) is 19.3. The zero-order valence-corrected chi connectivity index (χ0v) is 16.7. The number of benzene rings is 1. The summed E-state index contributed by atoms with van der Waals surface area (Å²) in [7, 11) is -2.26. The summed E-state index contributed by atoms with van der Waals surface area (Å²) in [5.74, 6) is 0.314. The molecule has 3 rings (SSSR count). The molecule has 1 aliphatic rings. The van der Waals surface area contributed by atoms with Gasteiger partial charge in [0.15, 0.2) is 5.13 Å². The van der Waals surface area contributed by atoms with Gasteiger partial charge in [-0.25, -0.2) is 13.4 Å². The number of thiazole rings is 1. The number of anilines is 1. The third kappa shape index (κ3) is 5.20. The van der Waals surface area contributed by atoms with Crippen molar-refractivity contribution in [2.75, 3.05) is 11.8 Å². The second-order valence-electron chi connectivity index (χ2n) is 6.48. The summed E-state index contributed by atoms with van der Waals surface area (Å²) in [6, 6.07) is 6.22. The van der Waals surface area contributed by atoms with E-state index in [2.05, 4.69) is 15.0 Å². The first-order valence-corrected chi connectivity index (χ1v) is 11.3. The van der Waals surface area contributed by atoms with Crippen molar-refractivity contribution in [3.05, 3.63) is 35.3 Å². The second kappa shape index (κ2) is 8.71. The van der Waals surface area contributed by atoms with Gasteiger partial charge in [-0.15, -0.1) is 11.3 Å². The van der Waals surface area contributed by atoms with Crippen molar-refractivity contribution in [2.45, 2.75) is 49.5 Å². The maximum atomic E-state index is 12.4. The van der Waals surface area contributed by atoms with E-state index in [4.69, 9.17) is 4.74 Å². The van der Waals surface area contributed by atoms with E-state index in [0.29, 0.717) is 5.75 Å². The van der Waals surface area contributed by atoms with Crippen molar-refractivity contribution in [3.63, 3.8) is 0 Å². The van der Waals surface area contributed by atoms with Gasteiger partial charge < -0.3 is 10.1 Å². The van der Waals surface area contributed by atoms with Crippen LogP contribution in [0, 0.1) is 0 Å². The highest BCUT2D eigenvalue weighted by molar-refractivity contribution is 7.93. The summed E-state index contributed by atoms with van der Waals surface area (Å²) in [5, 5.41) is 4.74. The largest absolute Gasteiger partial charge is 0.497 e. The fourth-order valence-corrected chi connectivity index (χ4v) is 4.98. The number of sulfonamides is 1. The highest BCUT2D eigenvalue weighted by Gasteiger charge is 2.20. The average Bonchev–Trinajstić information content (AvgIpc) is 2.96. The van der Waals surface area contributed by atoms with E-state index < -0.39 is 10.0 Å². The number of hydrogen-bond donors (Lipinski definition) is 2. The normalized spacial score (nSPS) is 15.7. The Balaban J connectivity index is 1.64. The molecule has 1 amide bonds. The van der Waals surface area contributed by atoms with Gasteiger partial charge in [0.25, 0.3) is 15.9 Å². The van der Waals surface area contributed by atoms with E-state index in [1.54, 1.807) is 17.5 Å². The van der Waals surface area contributed by atoms with Crippen molar-refractivity contribution in [1.29, 1.82) is 0 Å². The van der Waals surface area contributed by atoms with Gasteiger partial charge in [0.05, 0.1) is 12.0 Å². The Morgan fingerprint density at radius 3 is 2.44 bits per heavy atom. The molecule has 1 aliphatic carbocycles. The van der Waals surface area contributed by atoms with Crippen LogP contribution in [-0.4, -0.2) is 32.5 Å². The van der Waals surface area contributed by atoms with Gasteiger partial charge in [0.1, 0.15) is 11.4 Å². The Morgan fingerprint density at radius 2 is 1.81 bits per heavy atom. The monoisotopic (exact) mass is 409 g/mol. The van der Waals surface area contributed by atoms with Crippen molar-refractivity contribution in [3.8, 4) is 5.75 Å². The molecular weight excluding hydrogens is 386 g/mol. The second-order valence-corrected chi connectivity index (χ2v) is 9.02. The fourth-order valence-electron chi connectivity index (χ4n) is 3.04. The van der Waals surface area contributed by atoms with Crippen molar-refractivity contribution < 1.29 is 17.9 Å². The van der Waals surface area contributed by atoms with Crippen molar-refractivity contribution in [2.24, 2.45) is 0 Å². The van der Waals surface area contributed by atoms with Crippen LogP contribution in [-0.2, 0) is 10.0 Å². The van der Waals surface area contributed by atoms with E-state index in [0.717, 1.165) is 37.0 Å². The number of nitrogens with zero attached hydrogens (tertiary/aromatic N) is 1. The first-order valence-electron chi connectivity index (χ1n) is 8.91. The lowest BCUT2D eigenvalue weighted by molar-refractivity contribution is 0.0929. The molecule has 0 atom stereocenters. The molecule has 1 saturated carbocycles. The smallest absolute Gasteiger partial charge is 0.271 e. The van der Waals surface area contributed by atoms with E-state index in [1.165, 1.54) is 32.1 Å². The van der Waals surface area contributed by atoms with E-state index >= 15 is 0 Å². The molecule has 2 aromatic rings. The SMILES string of the molecule is COc1ccc(S(=O)(=O)Nc2nc(C(=O)NC3CCCCCC3)cs2)cc1. The quantitative estimate of drug-likeness (QED) is 0.713. The Morgan fingerprint density at radius 1 is 1.15 bits per heavy atom. The molecule has 27 heavy (non-hydrogen) atoms. The summed E-state index contributed by atoms with van der Waals surface area (Å²) in [6.07, 6.45) is 6.62. The Hall–Kier alpha value is -2.13. The maximum absolute atomic E-state index is 12.4. The molecule has 1 aromatic carbocycles. The molecule has 0 bridgehead atoms. The summed E-state index contributed by atoms with van der Waals surface area (Å²) in [6.45, 7) is 0. The molecule has 1 heterocycles. The van der Waals surface area contributed by atoms with Gasteiger partial charge in [-0.2, -0.15) is 0 Å². The number of carbonyl (C=O) groups excluding carboxylic acids is 1. The first kappa shape index (κ1) is 19.6. The van der Waals surface area contributed by atoms with Gasteiger partial charge in [0.2, 0.25) is 0 Å². The Labute approximate surface area is 163 Å². The van der Waals surface area contributed by atoms with Crippen molar-refractivity contribution in [1.82, 2.24) is 10.3 Å². The topological polar surface area (TPSA) is 97.4 Å². The summed E-state index contributed by atoms with van der Waals surface area (Å²) < 4.78 is 32.3. The predicted octanol–water partition coefficient (Wildman–Crippen LogP) is 3.41. The summed E-state index contributed by atoms with van der Waals surface area (Å²) in [5.41, 5.74) is 0.233. The van der Waals surface area contributed by atoms with Gasteiger partial charge in [0, 0.05) is 11.4 Å². The minimum Gasteiger partial charge on any atom is -0.497 e. The number of aromatic nitrogens is 1. The number of amides is 1. The standard InChI is InChI=1S/C18H23N3O4S2/c1-25-14-8-10-15(11-9-14)27(23,24)21-18-20-16(12-26-18)17(22)19-13-6-4-2-3-5-7-13/h8-13H,2-7H2,1H3,(H,19,22)(H,20,21). The van der Waals surface area contributed by atoms with Crippen LogP contribution in [0.3, 0.4) is 0 Å². The highest BCUT2D eigenvalue weighted by Crippen LogP contribution is 2.22. The molecule has 0 radical (unpaired) electrons. The highest BCUT2D eigenvalue weighted by atomic mass is 32.2.